The monoisotopic (exact) mass is 291 g/mol. The van der Waals surface area contributed by atoms with E-state index < -0.39 is 9.84 Å². The van der Waals surface area contributed by atoms with Crippen LogP contribution in [0, 0.1) is 0 Å². The van der Waals surface area contributed by atoms with Crippen LogP contribution in [0.2, 0.25) is 0 Å². The quantitative estimate of drug-likeness (QED) is 0.869. The molecule has 0 radical (unpaired) electrons. The van der Waals surface area contributed by atoms with Gasteiger partial charge >= 0.3 is 0 Å². The van der Waals surface area contributed by atoms with Crippen molar-refractivity contribution < 1.29 is 8.42 Å². The summed E-state index contributed by atoms with van der Waals surface area (Å²) in [5.41, 5.74) is 5.71. The maximum absolute atomic E-state index is 12.0. The van der Waals surface area contributed by atoms with Crippen LogP contribution in [0.25, 0.3) is 0 Å². The summed E-state index contributed by atoms with van der Waals surface area (Å²) < 4.78 is 28.1. The summed E-state index contributed by atoms with van der Waals surface area (Å²) in [6, 6.07) is 0.264. The maximum Gasteiger partial charge on any atom is 0.184 e. The van der Waals surface area contributed by atoms with Crippen LogP contribution >= 0.6 is 11.5 Å². The van der Waals surface area contributed by atoms with Crippen molar-refractivity contribution in [3.8, 4) is 0 Å². The Morgan fingerprint density at radius 1 is 1.44 bits per heavy atom. The van der Waals surface area contributed by atoms with Gasteiger partial charge in [0.15, 0.2) is 15.7 Å². The van der Waals surface area contributed by atoms with Crippen molar-refractivity contribution in [2.75, 3.05) is 23.4 Å². The van der Waals surface area contributed by atoms with Crippen LogP contribution in [0.3, 0.4) is 0 Å². The fraction of sp³-hybridized carbons (Fsp3) is 0.727. The predicted octanol–water partition coefficient (Wildman–Crippen LogP) is 2.14. The molecule has 104 valence electrons. The van der Waals surface area contributed by atoms with E-state index in [1.807, 2.05) is 11.9 Å². The van der Waals surface area contributed by atoms with E-state index in [4.69, 9.17) is 5.73 Å². The average Bonchev–Trinajstić information content (AvgIpc) is 2.71. The predicted molar refractivity (Wildman–Crippen MR) is 77.0 cm³/mol. The standard InChI is InChI=1S/C11H21N3O2S2/c1-5-7-8(3)14(4)11-9(10(12)13-17-11)18(15,16)6-2/h8H,5-7H2,1-4H3,(H2,12,13). The molecule has 1 heterocycles. The summed E-state index contributed by atoms with van der Waals surface area (Å²) >= 11 is 1.15. The Hall–Kier alpha value is -0.820. The minimum atomic E-state index is -3.33. The van der Waals surface area contributed by atoms with Crippen LogP contribution < -0.4 is 10.6 Å². The Balaban J connectivity index is 3.19. The van der Waals surface area contributed by atoms with Crippen molar-refractivity contribution >= 4 is 32.2 Å². The van der Waals surface area contributed by atoms with Crippen LogP contribution in [-0.4, -0.2) is 31.6 Å². The largest absolute Gasteiger partial charge is 0.382 e. The van der Waals surface area contributed by atoms with E-state index in [9.17, 15) is 8.42 Å². The highest BCUT2D eigenvalue weighted by molar-refractivity contribution is 7.91. The summed E-state index contributed by atoms with van der Waals surface area (Å²) in [4.78, 5) is 2.15. The van der Waals surface area contributed by atoms with E-state index in [2.05, 4.69) is 18.2 Å². The maximum atomic E-state index is 12.0. The Bertz CT molecular complexity index is 496. The highest BCUT2D eigenvalue weighted by atomic mass is 32.2. The Kier molecular flexibility index (Phi) is 4.98. The topological polar surface area (TPSA) is 76.3 Å². The minimum absolute atomic E-state index is 0.0403. The number of nitrogens with two attached hydrogens (primary N) is 1. The van der Waals surface area contributed by atoms with E-state index in [0.717, 1.165) is 24.4 Å². The molecule has 1 rings (SSSR count). The lowest BCUT2D eigenvalue weighted by Gasteiger charge is -2.25. The third-order valence-electron chi connectivity index (χ3n) is 3.04. The van der Waals surface area contributed by atoms with Crippen molar-refractivity contribution in [1.82, 2.24) is 4.37 Å². The number of sulfone groups is 1. The molecule has 0 saturated heterocycles. The first-order valence-electron chi connectivity index (χ1n) is 6.05. The van der Waals surface area contributed by atoms with E-state index in [0.29, 0.717) is 5.00 Å². The van der Waals surface area contributed by atoms with Crippen molar-refractivity contribution in [3.63, 3.8) is 0 Å². The van der Waals surface area contributed by atoms with E-state index in [1.165, 1.54) is 0 Å². The van der Waals surface area contributed by atoms with E-state index >= 15 is 0 Å². The number of hydrogen-bond acceptors (Lipinski definition) is 6. The molecule has 0 aromatic carbocycles. The van der Waals surface area contributed by atoms with Crippen LogP contribution in [0.4, 0.5) is 10.8 Å². The van der Waals surface area contributed by atoms with Gasteiger partial charge in [0.2, 0.25) is 0 Å². The number of nitrogen functional groups attached to an aromatic ring is 1. The second kappa shape index (κ2) is 5.88. The molecule has 1 aromatic rings. The van der Waals surface area contributed by atoms with Gasteiger partial charge in [-0.25, -0.2) is 8.42 Å². The van der Waals surface area contributed by atoms with Gasteiger partial charge in [-0.1, -0.05) is 20.3 Å². The van der Waals surface area contributed by atoms with Gasteiger partial charge in [-0.3, -0.25) is 0 Å². The Labute approximate surface area is 113 Å². The van der Waals surface area contributed by atoms with Crippen molar-refractivity contribution in [1.29, 1.82) is 0 Å². The zero-order chi connectivity index (χ0) is 13.9. The number of anilines is 2. The van der Waals surface area contributed by atoms with Gasteiger partial charge < -0.3 is 10.6 Å². The fourth-order valence-electron chi connectivity index (χ4n) is 1.76. The van der Waals surface area contributed by atoms with Crippen LogP contribution in [0.15, 0.2) is 4.90 Å². The lowest BCUT2D eigenvalue weighted by molar-refractivity contribution is 0.594. The van der Waals surface area contributed by atoms with Crippen molar-refractivity contribution in [2.45, 2.75) is 44.6 Å². The number of hydrogen-bond donors (Lipinski definition) is 1. The van der Waals surface area contributed by atoms with Gasteiger partial charge in [0.05, 0.1) is 5.75 Å². The highest BCUT2D eigenvalue weighted by Gasteiger charge is 2.27. The molecule has 2 N–H and O–H groups in total. The van der Waals surface area contributed by atoms with Gasteiger partial charge in [-0.15, -0.1) is 0 Å². The lowest BCUT2D eigenvalue weighted by atomic mass is 10.2. The molecule has 0 saturated carbocycles. The zero-order valence-electron chi connectivity index (χ0n) is 11.3. The molecule has 0 amide bonds. The van der Waals surface area contributed by atoms with Gasteiger partial charge in [0, 0.05) is 13.1 Å². The van der Waals surface area contributed by atoms with E-state index in [-0.39, 0.29) is 22.5 Å². The minimum Gasteiger partial charge on any atom is -0.382 e. The number of rotatable bonds is 6. The summed E-state index contributed by atoms with van der Waals surface area (Å²) in [5, 5.41) is 0.648. The van der Waals surface area contributed by atoms with Crippen molar-refractivity contribution in [2.24, 2.45) is 0 Å². The average molecular weight is 291 g/mol. The zero-order valence-corrected chi connectivity index (χ0v) is 12.9. The number of aromatic nitrogens is 1. The summed E-state index contributed by atoms with van der Waals surface area (Å²) in [7, 11) is -1.44. The summed E-state index contributed by atoms with van der Waals surface area (Å²) in [6.07, 6.45) is 2.05. The molecule has 0 aliphatic carbocycles. The Morgan fingerprint density at radius 2 is 2.06 bits per heavy atom. The second-order valence-corrected chi connectivity index (χ2v) is 7.32. The lowest BCUT2D eigenvalue weighted by Crippen LogP contribution is -2.29. The molecular formula is C11H21N3O2S2. The van der Waals surface area contributed by atoms with Gasteiger partial charge in [0.1, 0.15) is 9.90 Å². The summed E-state index contributed by atoms with van der Waals surface area (Å²) in [5.74, 6) is 0.158. The van der Waals surface area contributed by atoms with Crippen LogP contribution in [0.5, 0.6) is 0 Å². The van der Waals surface area contributed by atoms with Gasteiger partial charge in [0.25, 0.3) is 0 Å². The summed E-state index contributed by atoms with van der Waals surface area (Å²) in [6.45, 7) is 5.79. The molecule has 5 nitrogen and oxygen atoms in total. The molecule has 18 heavy (non-hydrogen) atoms. The molecule has 1 atom stereocenters. The molecule has 0 aliphatic heterocycles. The molecule has 0 spiro atoms. The third-order valence-corrected chi connectivity index (χ3v) is 5.90. The van der Waals surface area contributed by atoms with Crippen LogP contribution in [-0.2, 0) is 9.84 Å². The second-order valence-electron chi connectivity index (χ2n) is 4.35. The van der Waals surface area contributed by atoms with Gasteiger partial charge in [-0.05, 0) is 24.9 Å². The Morgan fingerprint density at radius 3 is 2.56 bits per heavy atom. The third kappa shape index (κ3) is 2.95. The molecule has 0 fully saturated rings. The molecule has 7 heteroatoms. The first-order chi connectivity index (χ1) is 8.35. The normalized spacial score (nSPS) is 13.6. The molecule has 0 aliphatic rings. The highest BCUT2D eigenvalue weighted by Crippen LogP contribution is 2.35. The first kappa shape index (κ1) is 15.2. The molecule has 1 unspecified atom stereocenters. The van der Waals surface area contributed by atoms with Crippen LogP contribution in [0.1, 0.15) is 33.6 Å². The van der Waals surface area contributed by atoms with Crippen molar-refractivity contribution in [3.05, 3.63) is 0 Å². The molecule has 0 bridgehead atoms. The fourth-order valence-corrected chi connectivity index (χ4v) is 4.14. The smallest absolute Gasteiger partial charge is 0.184 e. The SMILES string of the molecule is CCCC(C)N(C)c1snc(N)c1S(=O)(=O)CC. The number of nitrogens with zero attached hydrogens (tertiary/aromatic N) is 2. The molecule has 1 aromatic heterocycles. The van der Waals surface area contributed by atoms with Gasteiger partial charge in [-0.2, -0.15) is 4.37 Å². The molecular weight excluding hydrogens is 270 g/mol. The first-order valence-corrected chi connectivity index (χ1v) is 8.48. The van der Waals surface area contributed by atoms with E-state index in [1.54, 1.807) is 6.92 Å².